The summed E-state index contributed by atoms with van der Waals surface area (Å²) in [4.78, 5) is 11.7. The maximum Gasteiger partial charge on any atom is 0.323 e. The smallest absolute Gasteiger partial charge is 0.323 e. The van der Waals surface area contributed by atoms with Gasteiger partial charge < -0.3 is 19.5 Å². The van der Waals surface area contributed by atoms with Crippen LogP contribution in [0.4, 0.5) is 0 Å². The zero-order chi connectivity index (χ0) is 13.9. The molecular weight excluding hydrogens is 246 g/mol. The monoisotopic (exact) mass is 273 g/mol. The summed E-state index contributed by atoms with van der Waals surface area (Å²) in [7, 11) is 0. The maximum absolute atomic E-state index is 11.7. The van der Waals surface area contributed by atoms with Gasteiger partial charge in [0.1, 0.15) is 6.04 Å². The van der Waals surface area contributed by atoms with Gasteiger partial charge in [0.2, 0.25) is 0 Å². The summed E-state index contributed by atoms with van der Waals surface area (Å²) in [5, 5.41) is 3.20. The summed E-state index contributed by atoms with van der Waals surface area (Å²) in [6, 6.07) is -0.260. The molecule has 1 aliphatic heterocycles. The van der Waals surface area contributed by atoms with Crippen molar-refractivity contribution in [2.45, 2.75) is 51.7 Å². The van der Waals surface area contributed by atoms with Crippen LogP contribution >= 0.6 is 0 Å². The van der Waals surface area contributed by atoms with Gasteiger partial charge in [-0.25, -0.2) is 0 Å². The first-order valence-corrected chi connectivity index (χ1v) is 7.37. The zero-order valence-corrected chi connectivity index (χ0v) is 12.2. The fourth-order valence-corrected chi connectivity index (χ4v) is 2.06. The molecule has 0 radical (unpaired) electrons. The molecule has 0 aromatic heterocycles. The van der Waals surface area contributed by atoms with Gasteiger partial charge in [-0.3, -0.25) is 4.79 Å². The Hall–Kier alpha value is -0.650. The summed E-state index contributed by atoms with van der Waals surface area (Å²) in [6.45, 7) is 7.15. The molecule has 1 N–H and O–H groups in total. The van der Waals surface area contributed by atoms with E-state index in [2.05, 4.69) is 12.2 Å². The highest BCUT2D eigenvalue weighted by molar-refractivity contribution is 5.75. The minimum Gasteiger partial charge on any atom is -0.465 e. The first kappa shape index (κ1) is 16.4. The Morgan fingerprint density at radius 2 is 2.32 bits per heavy atom. The van der Waals surface area contributed by atoms with Crippen LogP contribution in [0.5, 0.6) is 0 Å². The average molecular weight is 273 g/mol. The Bertz CT molecular complexity index is 242. The molecule has 1 fully saturated rings. The highest BCUT2D eigenvalue weighted by atomic mass is 16.5. The molecule has 0 aliphatic carbocycles. The number of rotatable bonds is 10. The molecule has 112 valence electrons. The van der Waals surface area contributed by atoms with Gasteiger partial charge in [0.15, 0.2) is 0 Å². The van der Waals surface area contributed by atoms with Crippen LogP contribution in [0, 0.1) is 0 Å². The van der Waals surface area contributed by atoms with Crippen LogP contribution < -0.4 is 5.32 Å². The molecule has 1 heterocycles. The summed E-state index contributed by atoms with van der Waals surface area (Å²) in [5.41, 5.74) is 0. The van der Waals surface area contributed by atoms with E-state index in [9.17, 15) is 4.79 Å². The lowest BCUT2D eigenvalue weighted by Gasteiger charge is -2.17. The third-order valence-corrected chi connectivity index (χ3v) is 3.09. The summed E-state index contributed by atoms with van der Waals surface area (Å²) < 4.78 is 16.1. The summed E-state index contributed by atoms with van der Waals surface area (Å²) in [6.07, 6.45) is 4.08. The lowest BCUT2D eigenvalue weighted by atomic mass is 10.2. The molecule has 19 heavy (non-hydrogen) atoms. The molecule has 5 nitrogen and oxygen atoms in total. The van der Waals surface area contributed by atoms with Gasteiger partial charge in [0, 0.05) is 13.2 Å². The third kappa shape index (κ3) is 6.89. The predicted molar refractivity (Wildman–Crippen MR) is 73.1 cm³/mol. The lowest BCUT2D eigenvalue weighted by molar-refractivity contribution is -0.146. The van der Waals surface area contributed by atoms with E-state index in [4.69, 9.17) is 14.2 Å². The second-order valence-electron chi connectivity index (χ2n) is 4.76. The van der Waals surface area contributed by atoms with Gasteiger partial charge in [0.25, 0.3) is 0 Å². The first-order valence-electron chi connectivity index (χ1n) is 7.37. The van der Waals surface area contributed by atoms with Crippen LogP contribution in [0.3, 0.4) is 0 Å². The van der Waals surface area contributed by atoms with Crippen molar-refractivity contribution in [1.82, 2.24) is 5.32 Å². The molecule has 0 amide bonds. The number of esters is 1. The van der Waals surface area contributed by atoms with E-state index >= 15 is 0 Å². The van der Waals surface area contributed by atoms with Crippen molar-refractivity contribution >= 4 is 5.97 Å². The molecule has 2 unspecified atom stereocenters. The normalized spacial score (nSPS) is 20.4. The van der Waals surface area contributed by atoms with Crippen molar-refractivity contribution in [1.29, 1.82) is 0 Å². The van der Waals surface area contributed by atoms with Crippen molar-refractivity contribution < 1.29 is 19.0 Å². The number of carbonyl (C=O) groups excluding carboxylic acids is 1. The second kappa shape index (κ2) is 10.2. The minimum absolute atomic E-state index is 0.184. The number of hydrogen-bond donors (Lipinski definition) is 1. The van der Waals surface area contributed by atoms with Crippen molar-refractivity contribution in [3.8, 4) is 0 Å². The molecule has 1 rings (SSSR count). The molecule has 0 saturated carbocycles. The second-order valence-corrected chi connectivity index (χ2v) is 4.76. The Morgan fingerprint density at radius 1 is 1.47 bits per heavy atom. The van der Waals surface area contributed by atoms with Gasteiger partial charge in [-0.2, -0.15) is 0 Å². The summed E-state index contributed by atoms with van der Waals surface area (Å²) >= 11 is 0. The molecule has 0 aromatic rings. The molecule has 0 spiro atoms. The third-order valence-electron chi connectivity index (χ3n) is 3.09. The van der Waals surface area contributed by atoms with Gasteiger partial charge >= 0.3 is 5.97 Å². The van der Waals surface area contributed by atoms with Crippen molar-refractivity contribution in [3.63, 3.8) is 0 Å². The van der Waals surface area contributed by atoms with Crippen molar-refractivity contribution in [2.24, 2.45) is 0 Å². The number of nitrogens with one attached hydrogen (secondary N) is 1. The number of carbonyl (C=O) groups is 1. The molecule has 0 aromatic carbocycles. The van der Waals surface area contributed by atoms with E-state index < -0.39 is 0 Å². The molecule has 2 atom stereocenters. The Labute approximate surface area is 116 Å². The first-order chi connectivity index (χ1) is 9.27. The van der Waals surface area contributed by atoms with Crippen LogP contribution in [0.15, 0.2) is 0 Å². The van der Waals surface area contributed by atoms with E-state index in [-0.39, 0.29) is 18.1 Å². The SMILES string of the molecule is CCCNC(CCOCC1CCCO1)C(=O)OCC. The van der Waals surface area contributed by atoms with Crippen molar-refractivity contribution in [3.05, 3.63) is 0 Å². The fourth-order valence-electron chi connectivity index (χ4n) is 2.06. The van der Waals surface area contributed by atoms with E-state index in [1.165, 1.54) is 0 Å². The molecule has 5 heteroatoms. The Balaban J connectivity index is 2.16. The molecule has 1 saturated heterocycles. The maximum atomic E-state index is 11.7. The zero-order valence-electron chi connectivity index (χ0n) is 12.2. The Kier molecular flexibility index (Phi) is 8.79. The van der Waals surface area contributed by atoms with Gasteiger partial charge in [-0.05, 0) is 39.2 Å². The van der Waals surface area contributed by atoms with E-state index in [1.807, 2.05) is 6.92 Å². The summed E-state index contributed by atoms with van der Waals surface area (Å²) in [5.74, 6) is -0.184. The molecular formula is C14H27NO4. The molecule has 0 bridgehead atoms. The quantitative estimate of drug-likeness (QED) is 0.483. The van der Waals surface area contributed by atoms with Gasteiger partial charge in [0.05, 0.1) is 19.3 Å². The number of hydrogen-bond acceptors (Lipinski definition) is 5. The van der Waals surface area contributed by atoms with Crippen LogP contribution in [-0.4, -0.2) is 51.1 Å². The largest absolute Gasteiger partial charge is 0.465 e. The van der Waals surface area contributed by atoms with E-state index in [0.29, 0.717) is 26.2 Å². The predicted octanol–water partition coefficient (Wildman–Crippen LogP) is 1.50. The topological polar surface area (TPSA) is 56.8 Å². The van der Waals surface area contributed by atoms with Crippen LogP contribution in [0.25, 0.3) is 0 Å². The average Bonchev–Trinajstić information content (AvgIpc) is 2.91. The van der Waals surface area contributed by atoms with E-state index in [0.717, 1.165) is 32.4 Å². The van der Waals surface area contributed by atoms with Gasteiger partial charge in [-0.1, -0.05) is 6.92 Å². The minimum atomic E-state index is -0.260. The highest BCUT2D eigenvalue weighted by Gasteiger charge is 2.19. The Morgan fingerprint density at radius 3 is 2.95 bits per heavy atom. The fraction of sp³-hybridized carbons (Fsp3) is 0.929. The lowest BCUT2D eigenvalue weighted by Crippen LogP contribution is -2.39. The van der Waals surface area contributed by atoms with Crippen LogP contribution in [0.1, 0.15) is 39.5 Å². The van der Waals surface area contributed by atoms with Crippen LogP contribution in [-0.2, 0) is 19.0 Å². The van der Waals surface area contributed by atoms with Crippen LogP contribution in [0.2, 0.25) is 0 Å². The highest BCUT2D eigenvalue weighted by Crippen LogP contribution is 2.12. The van der Waals surface area contributed by atoms with Crippen molar-refractivity contribution in [2.75, 3.05) is 33.0 Å². The van der Waals surface area contributed by atoms with E-state index in [1.54, 1.807) is 0 Å². The molecule has 1 aliphatic rings. The number of ether oxygens (including phenoxy) is 3. The van der Waals surface area contributed by atoms with Gasteiger partial charge in [-0.15, -0.1) is 0 Å². The standard InChI is InChI=1S/C14H27NO4/c1-3-8-15-13(14(16)18-4-2)7-10-17-11-12-6-5-9-19-12/h12-13,15H,3-11H2,1-2H3.